The van der Waals surface area contributed by atoms with E-state index in [9.17, 15) is 0 Å². The Morgan fingerprint density at radius 1 is 0.379 bits per heavy atom. The molecular formula is C65H49N. The van der Waals surface area contributed by atoms with Crippen molar-refractivity contribution in [3.05, 3.63) is 298 Å². The minimum atomic E-state index is -0.598. The standard InChI is InChI=1S/C65H49N/c1-63(2)55-31-15-13-28-51(55)53-42-41-49(43-61(53)63)66(47-25-10-5-11-26-47)48-39-37-44(38-40-48)50-27-12-16-32-56(50)64(45-21-6-3-7-22-45)58-34-18-19-35-59(58)65(46-23-8-4-9-24-46)57-33-17-14-29-52(57)54-30-20-36-60(64)62(54)65/h3-11,13-26,28-43H,12,27H2,1-2H3. The van der Waals surface area contributed by atoms with E-state index in [1.165, 1.54) is 89.0 Å². The molecule has 9 aromatic carbocycles. The number of fused-ring (bicyclic) bond motifs is 8. The summed E-state index contributed by atoms with van der Waals surface area (Å²) in [7, 11) is 0. The van der Waals surface area contributed by atoms with Crippen LogP contribution in [0.1, 0.15) is 82.3 Å². The third-order valence-corrected chi connectivity index (χ3v) is 15.5. The summed E-state index contributed by atoms with van der Waals surface area (Å²) in [6, 6.07) is 84.7. The van der Waals surface area contributed by atoms with Crippen molar-refractivity contribution in [2.45, 2.75) is 42.9 Å². The molecule has 0 radical (unpaired) electrons. The van der Waals surface area contributed by atoms with Gasteiger partial charge in [0.1, 0.15) is 0 Å². The van der Waals surface area contributed by atoms with Crippen molar-refractivity contribution in [2.24, 2.45) is 0 Å². The minimum absolute atomic E-state index is 0.0968. The Labute approximate surface area is 388 Å². The van der Waals surface area contributed by atoms with Crippen LogP contribution in [-0.4, -0.2) is 0 Å². The molecule has 1 heteroatoms. The van der Waals surface area contributed by atoms with E-state index in [1.54, 1.807) is 0 Å². The lowest BCUT2D eigenvalue weighted by Crippen LogP contribution is -2.45. The van der Waals surface area contributed by atoms with E-state index < -0.39 is 10.8 Å². The van der Waals surface area contributed by atoms with Crippen LogP contribution < -0.4 is 4.90 Å². The van der Waals surface area contributed by atoms with Crippen molar-refractivity contribution in [1.82, 2.24) is 0 Å². The van der Waals surface area contributed by atoms with Crippen LogP contribution >= 0.6 is 0 Å². The predicted molar refractivity (Wildman–Crippen MR) is 274 cm³/mol. The van der Waals surface area contributed by atoms with Crippen LogP contribution in [0.5, 0.6) is 0 Å². The van der Waals surface area contributed by atoms with E-state index in [4.69, 9.17) is 0 Å². The lowest BCUT2D eigenvalue weighted by atomic mass is 9.50. The van der Waals surface area contributed by atoms with Crippen molar-refractivity contribution in [2.75, 3.05) is 4.90 Å². The van der Waals surface area contributed by atoms with Crippen LogP contribution in [0.4, 0.5) is 17.1 Å². The Balaban J connectivity index is 1.03. The molecule has 2 atom stereocenters. The summed E-state index contributed by atoms with van der Waals surface area (Å²) < 4.78 is 0. The zero-order valence-electron chi connectivity index (χ0n) is 37.4. The van der Waals surface area contributed by atoms with Crippen molar-refractivity contribution in [1.29, 1.82) is 0 Å². The van der Waals surface area contributed by atoms with Gasteiger partial charge in [-0.3, -0.25) is 0 Å². The van der Waals surface area contributed by atoms with Crippen LogP contribution in [-0.2, 0) is 16.2 Å². The van der Waals surface area contributed by atoms with E-state index in [-0.39, 0.29) is 5.41 Å². The maximum absolute atomic E-state index is 2.48. The second-order valence-electron chi connectivity index (χ2n) is 19.0. The molecular weight excluding hydrogens is 795 g/mol. The van der Waals surface area contributed by atoms with Crippen LogP contribution in [0.3, 0.4) is 0 Å². The summed E-state index contributed by atoms with van der Waals surface area (Å²) in [5, 5.41) is 0. The van der Waals surface area contributed by atoms with Gasteiger partial charge in [0.25, 0.3) is 0 Å². The van der Waals surface area contributed by atoms with Gasteiger partial charge in [0.15, 0.2) is 0 Å². The van der Waals surface area contributed by atoms with Gasteiger partial charge in [-0.1, -0.05) is 214 Å². The number of anilines is 3. The first kappa shape index (κ1) is 38.7. The molecule has 0 amide bonds. The predicted octanol–water partition coefficient (Wildman–Crippen LogP) is 16.3. The molecule has 0 saturated carbocycles. The van der Waals surface area contributed by atoms with Crippen molar-refractivity contribution < 1.29 is 0 Å². The van der Waals surface area contributed by atoms with Crippen LogP contribution in [0.2, 0.25) is 0 Å². The number of allylic oxidation sites excluding steroid dienone is 4. The molecule has 66 heavy (non-hydrogen) atoms. The number of hydrogen-bond donors (Lipinski definition) is 0. The molecule has 0 aromatic heterocycles. The van der Waals surface area contributed by atoms with Gasteiger partial charge in [-0.2, -0.15) is 0 Å². The Kier molecular flexibility index (Phi) is 8.58. The first-order valence-electron chi connectivity index (χ1n) is 23.6. The van der Waals surface area contributed by atoms with Crippen molar-refractivity contribution in [3.63, 3.8) is 0 Å². The Bertz CT molecular complexity index is 3430. The Morgan fingerprint density at radius 2 is 0.879 bits per heavy atom. The van der Waals surface area contributed by atoms with Crippen LogP contribution in [0.15, 0.2) is 242 Å². The van der Waals surface area contributed by atoms with E-state index >= 15 is 0 Å². The van der Waals surface area contributed by atoms with Gasteiger partial charge < -0.3 is 4.90 Å². The van der Waals surface area contributed by atoms with Crippen molar-refractivity contribution >= 4 is 22.6 Å². The SMILES string of the molecule is CC1(C)c2ccccc2-c2ccc(N(c3ccccc3)c3ccc(C4=C(C5(c6ccccc6)c6ccccc6C6(c7ccccc7)c7ccccc7-c7cccc5c76)C=CCC4)cc3)cc21. The summed E-state index contributed by atoms with van der Waals surface area (Å²) in [5.41, 5.74) is 23.8. The van der Waals surface area contributed by atoms with E-state index in [0.29, 0.717) is 0 Å². The minimum Gasteiger partial charge on any atom is -0.310 e. The maximum Gasteiger partial charge on any atom is 0.0720 e. The topological polar surface area (TPSA) is 3.24 Å². The highest BCUT2D eigenvalue weighted by Crippen LogP contribution is 2.66. The molecule has 13 rings (SSSR count). The van der Waals surface area contributed by atoms with E-state index in [0.717, 1.165) is 29.9 Å². The van der Waals surface area contributed by atoms with Gasteiger partial charge in [-0.05, 0) is 138 Å². The van der Waals surface area contributed by atoms with E-state index in [2.05, 4.69) is 255 Å². The summed E-state index contributed by atoms with van der Waals surface area (Å²) in [5.74, 6) is 0. The van der Waals surface area contributed by atoms with E-state index in [1.807, 2.05) is 0 Å². The largest absolute Gasteiger partial charge is 0.310 e. The zero-order chi connectivity index (χ0) is 44.0. The first-order chi connectivity index (χ1) is 32.5. The fourth-order valence-corrected chi connectivity index (χ4v) is 12.8. The van der Waals surface area contributed by atoms with Crippen LogP contribution in [0, 0.1) is 0 Å². The van der Waals surface area contributed by atoms with Gasteiger partial charge in [-0.15, -0.1) is 0 Å². The fraction of sp³-hybridized carbons (Fsp3) is 0.108. The molecule has 4 aliphatic carbocycles. The summed E-state index contributed by atoms with van der Waals surface area (Å²) in [6.07, 6.45) is 6.84. The lowest BCUT2D eigenvalue weighted by molar-refractivity contribution is 0.624. The highest BCUT2D eigenvalue weighted by atomic mass is 15.1. The molecule has 4 aliphatic rings. The number of nitrogens with zero attached hydrogens (tertiary/aromatic N) is 1. The number of para-hydroxylation sites is 1. The number of rotatable bonds is 7. The smallest absolute Gasteiger partial charge is 0.0720 e. The van der Waals surface area contributed by atoms with Gasteiger partial charge >= 0.3 is 0 Å². The first-order valence-corrected chi connectivity index (χ1v) is 23.6. The Hall–Kier alpha value is -7.74. The quantitative estimate of drug-likeness (QED) is 0.154. The van der Waals surface area contributed by atoms with Crippen molar-refractivity contribution in [3.8, 4) is 22.3 Å². The highest BCUT2D eigenvalue weighted by molar-refractivity contribution is 5.94. The average molecular weight is 844 g/mol. The molecule has 0 saturated heterocycles. The molecule has 0 aliphatic heterocycles. The average Bonchev–Trinajstić information content (AvgIpc) is 3.82. The third kappa shape index (κ3) is 5.23. The normalized spacial score (nSPS) is 19.1. The molecule has 0 bridgehead atoms. The summed E-state index contributed by atoms with van der Waals surface area (Å²) >= 11 is 0. The summed E-state index contributed by atoms with van der Waals surface area (Å²) in [4.78, 5) is 2.43. The second kappa shape index (κ2) is 14.6. The fourth-order valence-electron chi connectivity index (χ4n) is 12.8. The Morgan fingerprint density at radius 3 is 1.58 bits per heavy atom. The number of hydrogen-bond acceptors (Lipinski definition) is 1. The molecule has 9 aromatic rings. The zero-order valence-corrected chi connectivity index (χ0v) is 37.4. The molecule has 0 spiro atoms. The van der Waals surface area contributed by atoms with Gasteiger partial charge in [-0.25, -0.2) is 0 Å². The highest BCUT2D eigenvalue weighted by Gasteiger charge is 2.58. The third-order valence-electron chi connectivity index (χ3n) is 15.5. The molecule has 314 valence electrons. The monoisotopic (exact) mass is 843 g/mol. The van der Waals surface area contributed by atoms with Gasteiger partial charge in [0, 0.05) is 22.5 Å². The maximum atomic E-state index is 2.48. The van der Waals surface area contributed by atoms with Crippen LogP contribution in [0.25, 0.3) is 27.8 Å². The molecule has 1 nitrogen and oxygen atoms in total. The second-order valence-corrected chi connectivity index (χ2v) is 19.0. The molecule has 0 heterocycles. The lowest BCUT2D eigenvalue weighted by Gasteiger charge is -2.50. The van der Waals surface area contributed by atoms with Gasteiger partial charge in [0.05, 0.1) is 10.8 Å². The molecule has 0 N–H and O–H groups in total. The number of benzene rings is 9. The van der Waals surface area contributed by atoms with Gasteiger partial charge in [0.2, 0.25) is 0 Å². The molecule has 0 fully saturated rings. The molecule has 2 unspecified atom stereocenters. The summed E-state index contributed by atoms with van der Waals surface area (Å²) in [6.45, 7) is 4.73.